The van der Waals surface area contributed by atoms with E-state index >= 15 is 0 Å². The summed E-state index contributed by atoms with van der Waals surface area (Å²) >= 11 is 0. The van der Waals surface area contributed by atoms with Crippen LogP contribution in [0, 0.1) is 5.92 Å². The fraction of sp³-hybridized carbons (Fsp3) is 0.409. The van der Waals surface area contributed by atoms with E-state index in [1.54, 1.807) is 12.1 Å². The number of aliphatic hydroxyl groups excluding tert-OH is 1. The summed E-state index contributed by atoms with van der Waals surface area (Å²) in [6, 6.07) is 21.6. The number of benzene rings is 3. The van der Waals surface area contributed by atoms with Gasteiger partial charge in [0.1, 0.15) is 34.6 Å². The number of nitrogens with one attached hydrogen (secondary N) is 2. The second kappa shape index (κ2) is 16.4. The van der Waals surface area contributed by atoms with E-state index in [-0.39, 0.29) is 36.6 Å². The lowest BCUT2D eigenvalue weighted by atomic mass is 9.86. The molecule has 9 rings (SSSR count). The molecular formula is C44H49N9O7. The molecule has 5 aliphatic rings. The van der Waals surface area contributed by atoms with Gasteiger partial charge in [-0.15, -0.1) is 0 Å². The van der Waals surface area contributed by atoms with Crippen LogP contribution in [0.2, 0.25) is 0 Å². The van der Waals surface area contributed by atoms with E-state index in [0.717, 1.165) is 49.4 Å². The highest BCUT2D eigenvalue weighted by Gasteiger charge is 2.45. The normalized spacial score (nSPS) is 22.2. The fourth-order valence-corrected chi connectivity index (χ4v) is 9.47. The van der Waals surface area contributed by atoms with Gasteiger partial charge in [0.05, 0.1) is 6.04 Å². The highest BCUT2D eigenvalue weighted by Crippen LogP contribution is 2.41. The van der Waals surface area contributed by atoms with Crippen molar-refractivity contribution in [3.05, 3.63) is 89.5 Å². The van der Waals surface area contributed by atoms with Crippen molar-refractivity contribution < 1.29 is 33.8 Å². The number of carbonyl (C=O) groups excluding carboxylic acids is 5. The standard InChI is InChI=1S/C44H49N9O7/c45-40(56)38-39(28-6-9-31(10-7-28)60-30-4-2-1-3-5-30)48-53-34(14-18-46-41(38)53)27-15-20-51(21-16-27)37(55)17-19-49-22-24-50(25-23-49)29-8-11-32-33(26-29)44(59)52(43(32)58)35-12-13-36(54)47-42(35)57/h1-11,26-27,34-35,43,46,58H,12-25H2,(H2,45,56)(H,47,54,57)/t34-,35?,43?/m0/s1. The van der Waals surface area contributed by atoms with Gasteiger partial charge >= 0.3 is 0 Å². The van der Waals surface area contributed by atoms with E-state index in [0.29, 0.717) is 79.6 Å². The van der Waals surface area contributed by atoms with Crippen LogP contribution >= 0.6 is 0 Å². The van der Waals surface area contributed by atoms with Gasteiger partial charge < -0.3 is 30.7 Å². The second-order valence-corrected chi connectivity index (χ2v) is 16.2. The van der Waals surface area contributed by atoms with Crippen molar-refractivity contribution in [1.82, 2.24) is 29.8 Å². The van der Waals surface area contributed by atoms with Crippen molar-refractivity contribution in [2.75, 3.05) is 62.6 Å². The summed E-state index contributed by atoms with van der Waals surface area (Å²) in [5.74, 6) is 0.589. The predicted octanol–water partition coefficient (Wildman–Crippen LogP) is 3.50. The number of likely N-dealkylation sites (tertiary alicyclic amines) is 1. The van der Waals surface area contributed by atoms with Crippen molar-refractivity contribution >= 4 is 41.0 Å². The van der Waals surface area contributed by atoms with Gasteiger partial charge in [-0.05, 0) is 80.1 Å². The van der Waals surface area contributed by atoms with Gasteiger partial charge in [0, 0.05) is 87.6 Å². The SMILES string of the molecule is NC(=O)c1c(-c2ccc(Oc3ccccc3)cc2)nn2c1NCC[C@H]2C1CCN(C(=O)CCN2CCN(c3ccc4c(c3)C(=O)N(C3CCC(=O)NC3=O)C4O)CC2)CC1. The molecule has 0 bridgehead atoms. The zero-order valence-corrected chi connectivity index (χ0v) is 33.3. The Kier molecular flexibility index (Phi) is 10.7. The molecule has 16 heteroatoms. The molecule has 3 atom stereocenters. The third kappa shape index (κ3) is 7.56. The maximum absolute atomic E-state index is 13.5. The number of aliphatic hydroxyl groups is 1. The first-order chi connectivity index (χ1) is 29.1. The first kappa shape index (κ1) is 39.2. The maximum atomic E-state index is 13.5. The summed E-state index contributed by atoms with van der Waals surface area (Å²) in [4.78, 5) is 71.5. The molecule has 0 aliphatic carbocycles. The molecule has 0 saturated carbocycles. The number of amides is 5. The van der Waals surface area contributed by atoms with Gasteiger partial charge in [-0.25, -0.2) is 4.68 Å². The highest BCUT2D eigenvalue weighted by molar-refractivity contribution is 6.06. The smallest absolute Gasteiger partial charge is 0.257 e. The van der Waals surface area contributed by atoms with Crippen molar-refractivity contribution in [3.63, 3.8) is 0 Å². The molecule has 5 aliphatic heterocycles. The number of para-hydroxylation sites is 1. The molecule has 16 nitrogen and oxygen atoms in total. The lowest BCUT2D eigenvalue weighted by molar-refractivity contribution is -0.139. The first-order valence-electron chi connectivity index (χ1n) is 20.9. The van der Waals surface area contributed by atoms with Crippen LogP contribution < -0.4 is 26.0 Å². The molecule has 6 heterocycles. The number of hydrogen-bond donors (Lipinski definition) is 4. The van der Waals surface area contributed by atoms with Crippen LogP contribution in [0.4, 0.5) is 11.5 Å². The number of hydrogen-bond acceptors (Lipinski definition) is 11. The molecule has 2 unspecified atom stereocenters. The Morgan fingerprint density at radius 2 is 1.60 bits per heavy atom. The van der Waals surface area contributed by atoms with Crippen molar-refractivity contribution in [3.8, 4) is 22.8 Å². The lowest BCUT2D eigenvalue weighted by Gasteiger charge is -2.39. The van der Waals surface area contributed by atoms with Gasteiger partial charge in [0.2, 0.25) is 17.7 Å². The molecule has 3 aromatic carbocycles. The number of piperidine rings is 2. The number of nitrogens with two attached hydrogens (primary N) is 1. The van der Waals surface area contributed by atoms with Crippen LogP contribution in [0.1, 0.15) is 77.1 Å². The molecule has 1 aromatic heterocycles. The predicted molar refractivity (Wildman–Crippen MR) is 221 cm³/mol. The topological polar surface area (TPSA) is 196 Å². The molecule has 312 valence electrons. The van der Waals surface area contributed by atoms with Crippen LogP contribution in [0.3, 0.4) is 0 Å². The molecule has 0 spiro atoms. The van der Waals surface area contributed by atoms with Gasteiger partial charge in [-0.2, -0.15) is 5.10 Å². The van der Waals surface area contributed by atoms with Crippen molar-refractivity contribution in [2.24, 2.45) is 11.7 Å². The second-order valence-electron chi connectivity index (χ2n) is 16.2. The number of piperazine rings is 1. The third-order valence-corrected chi connectivity index (χ3v) is 12.7. The number of rotatable bonds is 10. The Morgan fingerprint density at radius 1 is 0.867 bits per heavy atom. The number of fused-ring (bicyclic) bond motifs is 2. The minimum Gasteiger partial charge on any atom is -0.457 e. The van der Waals surface area contributed by atoms with Gasteiger partial charge in [0.15, 0.2) is 6.23 Å². The van der Waals surface area contributed by atoms with E-state index < -0.39 is 30.0 Å². The lowest BCUT2D eigenvalue weighted by Crippen LogP contribution is -2.53. The third-order valence-electron chi connectivity index (χ3n) is 12.7. The molecular weight excluding hydrogens is 767 g/mol. The van der Waals surface area contributed by atoms with Crippen LogP contribution in [0.5, 0.6) is 11.5 Å². The Morgan fingerprint density at radius 3 is 2.32 bits per heavy atom. The number of primary amides is 1. The number of imide groups is 1. The van der Waals surface area contributed by atoms with Crippen LogP contribution in [-0.4, -0.2) is 118 Å². The summed E-state index contributed by atoms with van der Waals surface area (Å²) in [5.41, 5.74) is 9.33. The summed E-state index contributed by atoms with van der Waals surface area (Å²) in [6.45, 7) is 5.64. The van der Waals surface area contributed by atoms with E-state index in [1.165, 1.54) is 4.90 Å². The summed E-state index contributed by atoms with van der Waals surface area (Å²) in [6.07, 6.45) is 2.00. The molecule has 5 amide bonds. The molecule has 0 radical (unpaired) electrons. The number of carbonyl (C=O) groups is 5. The van der Waals surface area contributed by atoms with E-state index in [2.05, 4.69) is 20.4 Å². The minimum absolute atomic E-state index is 0.0699. The largest absolute Gasteiger partial charge is 0.457 e. The van der Waals surface area contributed by atoms with E-state index in [9.17, 15) is 29.1 Å². The number of ether oxygens (including phenoxy) is 1. The van der Waals surface area contributed by atoms with Gasteiger partial charge in [-0.3, -0.25) is 39.1 Å². The Balaban J connectivity index is 0.766. The van der Waals surface area contributed by atoms with Gasteiger partial charge in [0.25, 0.3) is 11.8 Å². The minimum atomic E-state index is -1.25. The van der Waals surface area contributed by atoms with E-state index in [4.69, 9.17) is 15.6 Å². The summed E-state index contributed by atoms with van der Waals surface area (Å²) < 4.78 is 7.91. The molecule has 60 heavy (non-hydrogen) atoms. The number of aromatic nitrogens is 2. The fourth-order valence-electron chi connectivity index (χ4n) is 9.47. The Labute approximate surface area is 347 Å². The average molecular weight is 816 g/mol. The average Bonchev–Trinajstić information content (AvgIpc) is 3.78. The van der Waals surface area contributed by atoms with E-state index in [1.807, 2.05) is 70.2 Å². The number of nitrogens with zero attached hydrogens (tertiary/aromatic N) is 6. The molecule has 5 N–H and O–H groups in total. The summed E-state index contributed by atoms with van der Waals surface area (Å²) in [5, 5.41) is 21.6. The molecule has 4 aromatic rings. The molecule has 3 fully saturated rings. The van der Waals surface area contributed by atoms with Crippen LogP contribution in [0.25, 0.3) is 11.3 Å². The summed E-state index contributed by atoms with van der Waals surface area (Å²) in [7, 11) is 0. The van der Waals surface area contributed by atoms with Crippen LogP contribution in [0.15, 0.2) is 72.8 Å². The van der Waals surface area contributed by atoms with Gasteiger partial charge in [-0.1, -0.05) is 24.3 Å². The van der Waals surface area contributed by atoms with Crippen molar-refractivity contribution in [2.45, 2.75) is 56.8 Å². The monoisotopic (exact) mass is 815 g/mol. The van der Waals surface area contributed by atoms with Crippen LogP contribution in [-0.2, 0) is 14.4 Å². The zero-order valence-electron chi connectivity index (χ0n) is 33.3. The Bertz CT molecular complexity index is 2300. The Hall–Kier alpha value is -6.26. The van der Waals surface area contributed by atoms with Crippen molar-refractivity contribution in [1.29, 1.82) is 0 Å². The quantitative estimate of drug-likeness (QED) is 0.171. The zero-order chi connectivity index (χ0) is 41.5. The maximum Gasteiger partial charge on any atom is 0.257 e. The molecule has 3 saturated heterocycles. The first-order valence-corrected chi connectivity index (χ1v) is 20.9. The highest BCUT2D eigenvalue weighted by atomic mass is 16.5. The number of anilines is 2.